The first kappa shape index (κ1) is 21.5. The van der Waals surface area contributed by atoms with Gasteiger partial charge in [0, 0.05) is 17.2 Å². The van der Waals surface area contributed by atoms with Crippen molar-refractivity contribution in [2.45, 2.75) is 20.0 Å². The zero-order chi connectivity index (χ0) is 20.7. The largest absolute Gasteiger partial charge is 0.378 e. The van der Waals surface area contributed by atoms with E-state index in [4.69, 9.17) is 4.74 Å². The average molecular weight is 421 g/mol. The molecule has 0 saturated carbocycles. The highest BCUT2D eigenvalue weighted by molar-refractivity contribution is 7.81. The summed E-state index contributed by atoms with van der Waals surface area (Å²) in [5.41, 5.74) is 0. The molecule has 0 unspecified atom stereocenters. The maximum atomic E-state index is 14.6. The summed E-state index contributed by atoms with van der Waals surface area (Å²) in [6, 6.07) is 30.2. The molecule has 0 atom stereocenters. The Morgan fingerprint density at radius 2 is 1.28 bits per heavy atom. The second kappa shape index (κ2) is 9.54. The fourth-order valence-corrected chi connectivity index (χ4v) is 9.48. The van der Waals surface area contributed by atoms with Crippen molar-refractivity contribution < 1.29 is 9.30 Å². The van der Waals surface area contributed by atoms with Crippen molar-refractivity contribution in [3.05, 3.63) is 102 Å². The normalized spacial score (nSPS) is 12.7. The van der Waals surface area contributed by atoms with Crippen molar-refractivity contribution in [2.24, 2.45) is 0 Å². The van der Waals surface area contributed by atoms with Gasteiger partial charge in [0.2, 0.25) is 0 Å². The van der Waals surface area contributed by atoms with E-state index in [1.54, 1.807) is 0 Å². The summed E-state index contributed by atoms with van der Waals surface area (Å²) in [4.78, 5) is 0. The van der Waals surface area contributed by atoms with Gasteiger partial charge in [0.05, 0.1) is 6.61 Å². The minimum atomic E-state index is -2.94. The van der Waals surface area contributed by atoms with E-state index < -0.39 is 15.2 Å². The second-order valence-electron chi connectivity index (χ2n) is 7.61. The number of ether oxygens (including phenoxy) is 1. The average Bonchev–Trinajstić information content (AvgIpc) is 2.78. The maximum absolute atomic E-state index is 14.6. The van der Waals surface area contributed by atoms with Gasteiger partial charge in [-0.05, 0) is 17.9 Å². The van der Waals surface area contributed by atoms with E-state index in [2.05, 4.69) is 37.4 Å². The third-order valence-electron chi connectivity index (χ3n) is 5.38. The zero-order valence-corrected chi connectivity index (χ0v) is 19.3. The third-order valence-corrected chi connectivity index (χ3v) is 12.1. The van der Waals surface area contributed by atoms with Gasteiger partial charge in [-0.2, -0.15) is 0 Å². The van der Waals surface area contributed by atoms with Crippen LogP contribution in [-0.4, -0.2) is 21.3 Å². The van der Waals surface area contributed by atoms with Gasteiger partial charge >= 0.3 is 0 Å². The Hall–Kier alpha value is -2.19. The number of benzene rings is 3. The van der Waals surface area contributed by atoms with E-state index >= 15 is 0 Å². The van der Waals surface area contributed by atoms with Crippen LogP contribution in [0.2, 0.25) is 13.1 Å². The van der Waals surface area contributed by atoms with Crippen LogP contribution in [0.5, 0.6) is 0 Å². The van der Waals surface area contributed by atoms with Gasteiger partial charge < -0.3 is 9.30 Å². The van der Waals surface area contributed by atoms with E-state index in [-0.39, 0.29) is 0 Å². The molecule has 0 saturated heterocycles. The third kappa shape index (κ3) is 4.87. The zero-order valence-electron chi connectivity index (χ0n) is 17.4. The Morgan fingerprint density at radius 1 is 0.828 bits per heavy atom. The van der Waals surface area contributed by atoms with Gasteiger partial charge in [-0.1, -0.05) is 109 Å². The Morgan fingerprint density at radius 3 is 1.72 bits per heavy atom. The number of hydrogen-bond acceptors (Lipinski definition) is 2. The van der Waals surface area contributed by atoms with E-state index in [0.717, 1.165) is 10.6 Å². The lowest BCUT2D eigenvalue weighted by Gasteiger charge is -2.29. The van der Waals surface area contributed by atoms with Crippen molar-refractivity contribution in [1.29, 1.82) is 0 Å². The summed E-state index contributed by atoms with van der Waals surface area (Å²) in [6.07, 6.45) is 0. The summed E-state index contributed by atoms with van der Waals surface area (Å²) < 4.78 is 20.4. The lowest BCUT2D eigenvalue weighted by atomic mass is 10.4. The van der Waals surface area contributed by atoms with Crippen molar-refractivity contribution in [2.75, 3.05) is 13.2 Å². The molecule has 0 N–H and O–H groups in total. The molecule has 3 aromatic carbocycles. The molecule has 150 valence electrons. The van der Waals surface area contributed by atoms with Crippen molar-refractivity contribution in [3.8, 4) is 0 Å². The summed E-state index contributed by atoms with van der Waals surface area (Å²) in [5, 5.41) is 4.20. The molecule has 3 rings (SSSR count). The minimum absolute atomic E-state index is 0.508. The van der Waals surface area contributed by atoms with Crippen molar-refractivity contribution in [1.82, 2.24) is 0 Å². The molecule has 4 heteroatoms. The molecule has 0 aromatic heterocycles. The van der Waals surface area contributed by atoms with Gasteiger partial charge in [-0.25, -0.2) is 0 Å². The number of rotatable bonds is 8. The smallest absolute Gasteiger partial charge is 0.163 e. The van der Waals surface area contributed by atoms with E-state index in [1.165, 1.54) is 10.4 Å². The molecular formula is C25H29O2PSi. The quantitative estimate of drug-likeness (QED) is 0.375. The van der Waals surface area contributed by atoms with Gasteiger partial charge in [-0.3, -0.25) is 0 Å². The Bertz CT molecular complexity index is 940. The number of hydrogen-bond donors (Lipinski definition) is 0. The minimum Gasteiger partial charge on any atom is -0.378 e. The molecule has 3 aromatic rings. The summed E-state index contributed by atoms with van der Waals surface area (Å²) in [7, 11) is -5.00. The standard InChI is InChI=1S/C25H29O2PSi/c1-4-27-20-25(29(2,3)24-18-12-7-13-19-24)21-28(26,22-14-8-5-9-15-22)23-16-10-6-11-17-23/h5-19,21H,4,20H2,1-3H3/b25-21+. The van der Waals surface area contributed by atoms with Crippen LogP contribution in [0.3, 0.4) is 0 Å². The molecule has 0 heterocycles. The lowest BCUT2D eigenvalue weighted by molar-refractivity contribution is 0.174. The molecule has 29 heavy (non-hydrogen) atoms. The van der Waals surface area contributed by atoms with Crippen LogP contribution in [0.1, 0.15) is 6.92 Å². The van der Waals surface area contributed by atoms with E-state index in [0.29, 0.717) is 13.2 Å². The molecule has 2 nitrogen and oxygen atoms in total. The monoisotopic (exact) mass is 420 g/mol. The van der Waals surface area contributed by atoms with Crippen molar-refractivity contribution in [3.63, 3.8) is 0 Å². The van der Waals surface area contributed by atoms with Gasteiger partial charge in [0.25, 0.3) is 0 Å². The second-order valence-corrected chi connectivity index (χ2v) is 14.7. The van der Waals surface area contributed by atoms with Crippen LogP contribution >= 0.6 is 7.14 Å². The van der Waals surface area contributed by atoms with Crippen LogP contribution in [0.4, 0.5) is 0 Å². The van der Waals surface area contributed by atoms with Crippen LogP contribution in [-0.2, 0) is 9.30 Å². The predicted octanol–water partition coefficient (Wildman–Crippen LogP) is 5.08. The molecular weight excluding hydrogens is 391 g/mol. The molecule has 0 bridgehead atoms. The highest BCUT2D eigenvalue weighted by atomic mass is 31.2. The fraction of sp³-hybridized carbons (Fsp3) is 0.200. The molecule has 0 aliphatic rings. The van der Waals surface area contributed by atoms with Crippen molar-refractivity contribution >= 4 is 31.0 Å². The lowest BCUT2D eigenvalue weighted by Crippen LogP contribution is -2.45. The molecule has 0 spiro atoms. The van der Waals surface area contributed by atoms with E-state index in [9.17, 15) is 4.57 Å². The van der Waals surface area contributed by atoms with Gasteiger partial charge in [0.1, 0.15) is 8.07 Å². The molecule has 0 radical (unpaired) electrons. The summed E-state index contributed by atoms with van der Waals surface area (Å²) in [6.45, 7) is 7.77. The molecule has 0 amide bonds. The Balaban J connectivity index is 2.20. The van der Waals surface area contributed by atoms with Crippen LogP contribution in [0.25, 0.3) is 0 Å². The fourth-order valence-electron chi connectivity index (χ4n) is 3.45. The first-order chi connectivity index (χ1) is 14.0. The summed E-state index contributed by atoms with van der Waals surface area (Å²) in [5.74, 6) is 2.05. The molecule has 0 aliphatic carbocycles. The van der Waals surface area contributed by atoms with Crippen LogP contribution < -0.4 is 15.8 Å². The first-order valence-electron chi connectivity index (χ1n) is 10.0. The van der Waals surface area contributed by atoms with Crippen LogP contribution in [0, 0.1) is 0 Å². The molecule has 0 aliphatic heterocycles. The highest BCUT2D eigenvalue weighted by Crippen LogP contribution is 2.47. The Labute approximate surface area is 175 Å². The predicted molar refractivity (Wildman–Crippen MR) is 128 cm³/mol. The van der Waals surface area contributed by atoms with E-state index in [1.807, 2.05) is 79.5 Å². The van der Waals surface area contributed by atoms with Gasteiger partial charge in [-0.15, -0.1) is 0 Å². The summed E-state index contributed by atoms with van der Waals surface area (Å²) >= 11 is 0. The Kier molecular flexibility index (Phi) is 7.08. The highest BCUT2D eigenvalue weighted by Gasteiger charge is 2.33. The van der Waals surface area contributed by atoms with Crippen LogP contribution in [0.15, 0.2) is 102 Å². The van der Waals surface area contributed by atoms with Gasteiger partial charge in [0.15, 0.2) is 7.14 Å². The first-order valence-corrected chi connectivity index (χ1v) is 14.8. The topological polar surface area (TPSA) is 26.3 Å². The maximum Gasteiger partial charge on any atom is 0.163 e. The SMILES string of the molecule is CCOC/C(=C\P(=O)(c1ccccc1)c1ccccc1)[Si](C)(C)c1ccccc1. The molecule has 0 fully saturated rings.